The lowest BCUT2D eigenvalue weighted by atomic mass is 9.96. The van der Waals surface area contributed by atoms with E-state index >= 15 is 0 Å². The van der Waals surface area contributed by atoms with Crippen LogP contribution in [0.3, 0.4) is 0 Å². The van der Waals surface area contributed by atoms with E-state index in [2.05, 4.69) is 0 Å². The van der Waals surface area contributed by atoms with Crippen molar-refractivity contribution < 1.29 is 9.53 Å². The minimum atomic E-state index is -0.383. The zero-order valence-electron chi connectivity index (χ0n) is 9.31. The number of hydrogen-bond donors (Lipinski definition) is 0. The molecule has 1 saturated carbocycles. The van der Waals surface area contributed by atoms with Gasteiger partial charge in [0.2, 0.25) is 0 Å². The highest BCUT2D eigenvalue weighted by Gasteiger charge is 2.42. The van der Waals surface area contributed by atoms with E-state index in [0.717, 1.165) is 0 Å². The fraction of sp³-hybridized carbons (Fsp3) is 0.909. The van der Waals surface area contributed by atoms with Crippen LogP contribution >= 0.6 is 0 Å². The highest BCUT2D eigenvalue weighted by molar-refractivity contribution is 5.75. The number of ether oxygens (including phenoxy) is 1. The molecule has 0 aromatic rings. The third kappa shape index (κ3) is 2.71. The number of rotatable bonds is 2. The van der Waals surface area contributed by atoms with Crippen LogP contribution < -0.4 is 0 Å². The van der Waals surface area contributed by atoms with Crippen molar-refractivity contribution in [2.75, 3.05) is 0 Å². The van der Waals surface area contributed by atoms with Crippen molar-refractivity contribution in [3.8, 4) is 0 Å². The summed E-state index contributed by atoms with van der Waals surface area (Å²) in [6, 6.07) is 0. The Morgan fingerprint density at radius 2 is 1.62 bits per heavy atom. The Morgan fingerprint density at radius 1 is 1.15 bits per heavy atom. The Morgan fingerprint density at radius 3 is 1.92 bits per heavy atom. The maximum atomic E-state index is 11.6. The molecular weight excluding hydrogens is 164 g/mol. The highest BCUT2D eigenvalue weighted by Crippen LogP contribution is 2.42. The molecule has 0 aromatic heterocycles. The van der Waals surface area contributed by atoms with Gasteiger partial charge >= 0.3 is 5.97 Å². The monoisotopic (exact) mass is 184 g/mol. The number of hydrogen-bond acceptors (Lipinski definition) is 2. The van der Waals surface area contributed by atoms with E-state index in [1.165, 1.54) is 12.8 Å². The first-order valence-corrected chi connectivity index (χ1v) is 4.97. The first-order chi connectivity index (χ1) is 5.73. The van der Waals surface area contributed by atoms with Crippen molar-refractivity contribution in [3.05, 3.63) is 0 Å². The lowest BCUT2D eigenvalue weighted by molar-refractivity contribution is -0.168. The molecule has 0 bridgehead atoms. The van der Waals surface area contributed by atoms with Crippen LogP contribution in [0.2, 0.25) is 0 Å². The maximum absolute atomic E-state index is 11.6. The van der Waals surface area contributed by atoms with Crippen LogP contribution in [0.1, 0.15) is 47.5 Å². The molecule has 0 aliphatic heterocycles. The van der Waals surface area contributed by atoms with Gasteiger partial charge in [0.05, 0.1) is 5.41 Å². The van der Waals surface area contributed by atoms with Gasteiger partial charge in [0.15, 0.2) is 0 Å². The molecule has 1 fully saturated rings. The number of carbonyl (C=O) groups excluding carboxylic acids is 1. The summed E-state index contributed by atoms with van der Waals surface area (Å²) in [4.78, 5) is 11.6. The van der Waals surface area contributed by atoms with Gasteiger partial charge < -0.3 is 4.74 Å². The largest absolute Gasteiger partial charge is 0.459 e. The van der Waals surface area contributed by atoms with Crippen LogP contribution in [0.4, 0.5) is 0 Å². The first-order valence-electron chi connectivity index (χ1n) is 4.97. The summed E-state index contributed by atoms with van der Waals surface area (Å²) in [5.74, 6) is 0.489. The van der Waals surface area contributed by atoms with Gasteiger partial charge in [-0.3, -0.25) is 4.79 Å². The zero-order chi connectivity index (χ0) is 10.3. The van der Waals surface area contributed by atoms with Crippen molar-refractivity contribution >= 4 is 5.97 Å². The molecule has 1 aliphatic rings. The molecule has 0 aromatic carbocycles. The van der Waals surface area contributed by atoms with Gasteiger partial charge in [-0.15, -0.1) is 0 Å². The molecule has 0 heterocycles. The number of esters is 1. The van der Waals surface area contributed by atoms with Gasteiger partial charge in [-0.05, 0) is 53.4 Å². The Bertz CT molecular complexity index is 207. The Balaban J connectivity index is 2.52. The molecule has 0 unspecified atom stereocenters. The third-order valence-electron chi connectivity index (χ3n) is 2.53. The Labute approximate surface area is 80.7 Å². The fourth-order valence-corrected chi connectivity index (χ4v) is 1.25. The molecule has 0 N–H and O–H groups in total. The molecule has 0 amide bonds. The second kappa shape index (κ2) is 3.00. The fourth-order valence-electron chi connectivity index (χ4n) is 1.25. The Kier molecular flexibility index (Phi) is 2.44. The summed E-state index contributed by atoms with van der Waals surface area (Å²) in [6.45, 7) is 9.68. The van der Waals surface area contributed by atoms with Gasteiger partial charge in [-0.2, -0.15) is 0 Å². The molecular formula is C11H20O2. The zero-order valence-corrected chi connectivity index (χ0v) is 9.31. The molecule has 0 spiro atoms. The van der Waals surface area contributed by atoms with Gasteiger partial charge in [0, 0.05) is 0 Å². The predicted molar refractivity (Wildman–Crippen MR) is 52.4 cm³/mol. The summed E-state index contributed by atoms with van der Waals surface area (Å²) in [6.07, 6.45) is 2.40. The molecule has 0 atom stereocenters. The van der Waals surface area contributed by atoms with Crippen LogP contribution in [-0.2, 0) is 9.53 Å². The molecule has 2 nitrogen and oxygen atoms in total. The summed E-state index contributed by atoms with van der Waals surface area (Å²) >= 11 is 0. The minimum absolute atomic E-state index is 0.0931. The van der Waals surface area contributed by atoms with Crippen molar-refractivity contribution in [3.63, 3.8) is 0 Å². The quantitative estimate of drug-likeness (QED) is 0.617. The average Bonchev–Trinajstić information content (AvgIpc) is 2.62. The van der Waals surface area contributed by atoms with Crippen LogP contribution in [-0.4, -0.2) is 11.6 Å². The molecule has 1 rings (SSSR count). The van der Waals surface area contributed by atoms with E-state index in [9.17, 15) is 4.79 Å². The standard InChI is InChI=1S/C11H20O2/c1-10(2,3)9(12)13-11(4,5)8-6-7-8/h8H,6-7H2,1-5H3. The topological polar surface area (TPSA) is 26.3 Å². The summed E-state index contributed by atoms with van der Waals surface area (Å²) < 4.78 is 5.49. The molecule has 0 radical (unpaired) electrons. The van der Waals surface area contributed by atoms with Crippen LogP contribution in [0.25, 0.3) is 0 Å². The van der Waals surface area contributed by atoms with E-state index < -0.39 is 0 Å². The van der Waals surface area contributed by atoms with Gasteiger partial charge in [-0.1, -0.05) is 0 Å². The van der Waals surface area contributed by atoms with E-state index in [1.54, 1.807) is 0 Å². The summed E-state index contributed by atoms with van der Waals surface area (Å²) in [5, 5.41) is 0. The van der Waals surface area contributed by atoms with Gasteiger partial charge in [0.25, 0.3) is 0 Å². The molecule has 76 valence electrons. The summed E-state index contributed by atoms with van der Waals surface area (Å²) in [5.41, 5.74) is -0.642. The molecule has 13 heavy (non-hydrogen) atoms. The lowest BCUT2D eigenvalue weighted by Gasteiger charge is -2.29. The van der Waals surface area contributed by atoms with E-state index in [1.807, 2.05) is 34.6 Å². The normalized spacial score (nSPS) is 18.5. The molecule has 0 saturated heterocycles. The average molecular weight is 184 g/mol. The SMILES string of the molecule is CC(C)(C)C(=O)OC(C)(C)C1CC1. The highest BCUT2D eigenvalue weighted by atomic mass is 16.6. The molecule has 2 heteroatoms. The second-order valence-electron chi connectivity index (χ2n) is 5.52. The Hall–Kier alpha value is -0.530. The van der Waals surface area contributed by atoms with E-state index in [-0.39, 0.29) is 17.0 Å². The first kappa shape index (κ1) is 10.6. The van der Waals surface area contributed by atoms with Crippen LogP contribution in [0.5, 0.6) is 0 Å². The smallest absolute Gasteiger partial charge is 0.311 e. The maximum Gasteiger partial charge on any atom is 0.311 e. The van der Waals surface area contributed by atoms with Crippen molar-refractivity contribution in [1.82, 2.24) is 0 Å². The second-order valence-corrected chi connectivity index (χ2v) is 5.52. The van der Waals surface area contributed by atoms with Crippen LogP contribution in [0.15, 0.2) is 0 Å². The van der Waals surface area contributed by atoms with Crippen molar-refractivity contribution in [1.29, 1.82) is 0 Å². The lowest BCUT2D eigenvalue weighted by Crippen LogP contribution is -2.35. The van der Waals surface area contributed by atoms with Crippen molar-refractivity contribution in [2.24, 2.45) is 11.3 Å². The third-order valence-corrected chi connectivity index (χ3v) is 2.53. The minimum Gasteiger partial charge on any atom is -0.459 e. The summed E-state index contributed by atoms with van der Waals surface area (Å²) in [7, 11) is 0. The van der Waals surface area contributed by atoms with Crippen LogP contribution in [0, 0.1) is 11.3 Å². The molecule has 1 aliphatic carbocycles. The van der Waals surface area contributed by atoms with E-state index in [4.69, 9.17) is 4.74 Å². The predicted octanol–water partition coefficient (Wildman–Crippen LogP) is 2.76. The van der Waals surface area contributed by atoms with Gasteiger partial charge in [-0.25, -0.2) is 0 Å². The van der Waals surface area contributed by atoms with Crippen molar-refractivity contribution in [2.45, 2.75) is 53.1 Å². The van der Waals surface area contributed by atoms with E-state index in [0.29, 0.717) is 5.92 Å². The van der Waals surface area contributed by atoms with Gasteiger partial charge in [0.1, 0.15) is 5.60 Å². The number of carbonyl (C=O) groups is 1.